The van der Waals surface area contributed by atoms with E-state index in [1.807, 2.05) is 50.4 Å². The van der Waals surface area contributed by atoms with Gasteiger partial charge in [0.1, 0.15) is 6.04 Å². The van der Waals surface area contributed by atoms with Gasteiger partial charge in [-0.1, -0.05) is 44.2 Å². The molecule has 100 valence electrons. The summed E-state index contributed by atoms with van der Waals surface area (Å²) in [5, 5.41) is 9.39. The van der Waals surface area contributed by atoms with Gasteiger partial charge >= 0.3 is 5.97 Å². The first-order valence-corrected chi connectivity index (χ1v) is 6.38. The van der Waals surface area contributed by atoms with Gasteiger partial charge in [0.2, 0.25) is 0 Å². The monoisotopic (exact) mass is 258 g/mol. The Bertz CT molecular complexity index is 546. The Labute approximate surface area is 112 Å². The second kappa shape index (κ2) is 5.69. The molecule has 4 heteroatoms. The predicted molar refractivity (Wildman–Crippen MR) is 73.1 cm³/mol. The highest BCUT2D eigenvalue weighted by Crippen LogP contribution is 2.18. The molecule has 0 amide bonds. The lowest BCUT2D eigenvalue weighted by molar-refractivity contribution is -0.140. The normalized spacial score (nSPS) is 12.6. The number of aromatic nitrogens is 2. The number of aliphatic carboxylic acids is 1. The maximum atomic E-state index is 11.4. The standard InChI is InChI=1S/C15H18N2O2/c1-11(2)13-9-17(10-16-13)14(15(18)19)8-12-6-4-3-5-7-12/h3-7,9-11,14H,8H2,1-2H3,(H,18,19). The van der Waals surface area contributed by atoms with Crippen molar-refractivity contribution in [3.63, 3.8) is 0 Å². The smallest absolute Gasteiger partial charge is 0.327 e. The third-order valence-electron chi connectivity index (χ3n) is 3.13. The lowest BCUT2D eigenvalue weighted by atomic mass is 10.1. The van der Waals surface area contributed by atoms with E-state index in [9.17, 15) is 9.90 Å². The number of hydrogen-bond donors (Lipinski definition) is 1. The predicted octanol–water partition coefficient (Wildman–Crippen LogP) is 2.87. The average Bonchev–Trinajstić information content (AvgIpc) is 2.86. The van der Waals surface area contributed by atoms with Crippen LogP contribution in [0.25, 0.3) is 0 Å². The number of rotatable bonds is 5. The maximum absolute atomic E-state index is 11.4. The third-order valence-corrected chi connectivity index (χ3v) is 3.13. The first-order valence-electron chi connectivity index (χ1n) is 6.38. The molecule has 1 unspecified atom stereocenters. The van der Waals surface area contributed by atoms with E-state index in [4.69, 9.17) is 0 Å². The lowest BCUT2D eigenvalue weighted by Crippen LogP contribution is -2.20. The topological polar surface area (TPSA) is 55.1 Å². The van der Waals surface area contributed by atoms with Crippen LogP contribution in [-0.2, 0) is 11.2 Å². The summed E-state index contributed by atoms with van der Waals surface area (Å²) < 4.78 is 1.69. The van der Waals surface area contributed by atoms with Crippen molar-refractivity contribution in [3.05, 3.63) is 54.1 Å². The molecule has 0 aliphatic carbocycles. The van der Waals surface area contributed by atoms with Gasteiger partial charge in [0, 0.05) is 12.6 Å². The Hall–Kier alpha value is -2.10. The van der Waals surface area contributed by atoms with Crippen molar-refractivity contribution in [1.29, 1.82) is 0 Å². The molecule has 0 fully saturated rings. The molecule has 0 radical (unpaired) electrons. The van der Waals surface area contributed by atoms with Crippen molar-refractivity contribution < 1.29 is 9.90 Å². The van der Waals surface area contributed by atoms with Crippen molar-refractivity contribution in [2.45, 2.75) is 32.2 Å². The second-order valence-corrected chi connectivity index (χ2v) is 4.94. The summed E-state index contributed by atoms with van der Waals surface area (Å²) in [4.78, 5) is 15.7. The number of hydrogen-bond acceptors (Lipinski definition) is 2. The van der Waals surface area contributed by atoms with E-state index in [2.05, 4.69) is 4.98 Å². The van der Waals surface area contributed by atoms with Gasteiger partial charge in [0.25, 0.3) is 0 Å². The molecule has 1 heterocycles. The number of nitrogens with zero attached hydrogens (tertiary/aromatic N) is 2. The Morgan fingerprint density at radius 2 is 2.00 bits per heavy atom. The molecule has 0 aliphatic heterocycles. The molecule has 1 aromatic heterocycles. The fraction of sp³-hybridized carbons (Fsp3) is 0.333. The summed E-state index contributed by atoms with van der Waals surface area (Å²) in [6.07, 6.45) is 3.90. The van der Waals surface area contributed by atoms with Gasteiger partial charge in [-0.15, -0.1) is 0 Å². The van der Waals surface area contributed by atoms with E-state index >= 15 is 0 Å². The van der Waals surface area contributed by atoms with Crippen LogP contribution in [0.15, 0.2) is 42.9 Å². The molecule has 19 heavy (non-hydrogen) atoms. The largest absolute Gasteiger partial charge is 0.480 e. The lowest BCUT2D eigenvalue weighted by Gasteiger charge is -2.13. The summed E-state index contributed by atoms with van der Waals surface area (Å²) in [7, 11) is 0. The third kappa shape index (κ3) is 3.22. The van der Waals surface area contributed by atoms with Crippen molar-refractivity contribution in [2.75, 3.05) is 0 Å². The first kappa shape index (κ1) is 13.3. The van der Waals surface area contributed by atoms with Crippen LogP contribution in [0.1, 0.15) is 37.1 Å². The van der Waals surface area contributed by atoms with Crippen molar-refractivity contribution in [2.24, 2.45) is 0 Å². The zero-order valence-corrected chi connectivity index (χ0v) is 11.2. The van der Waals surface area contributed by atoms with Crippen LogP contribution in [0.4, 0.5) is 0 Å². The highest BCUT2D eigenvalue weighted by molar-refractivity contribution is 5.72. The van der Waals surface area contributed by atoms with Crippen LogP contribution in [-0.4, -0.2) is 20.6 Å². The Morgan fingerprint density at radius 3 is 2.53 bits per heavy atom. The fourth-order valence-corrected chi connectivity index (χ4v) is 1.98. The summed E-state index contributed by atoms with van der Waals surface area (Å²) >= 11 is 0. The molecular formula is C15H18N2O2. The summed E-state index contributed by atoms with van der Waals surface area (Å²) in [6, 6.07) is 9.03. The zero-order chi connectivity index (χ0) is 13.8. The van der Waals surface area contributed by atoms with Crippen molar-refractivity contribution in [3.8, 4) is 0 Å². The number of imidazole rings is 1. The molecular weight excluding hydrogens is 240 g/mol. The maximum Gasteiger partial charge on any atom is 0.327 e. The van der Waals surface area contributed by atoms with Gasteiger partial charge < -0.3 is 9.67 Å². The molecule has 0 bridgehead atoms. The highest BCUT2D eigenvalue weighted by Gasteiger charge is 2.20. The average molecular weight is 258 g/mol. The minimum Gasteiger partial charge on any atom is -0.480 e. The van der Waals surface area contributed by atoms with Crippen LogP contribution >= 0.6 is 0 Å². The van der Waals surface area contributed by atoms with Crippen LogP contribution in [0, 0.1) is 0 Å². The van der Waals surface area contributed by atoms with Crippen LogP contribution in [0.3, 0.4) is 0 Å². The van der Waals surface area contributed by atoms with Gasteiger partial charge in [-0.3, -0.25) is 0 Å². The first-order chi connectivity index (χ1) is 9.08. The molecule has 4 nitrogen and oxygen atoms in total. The van der Waals surface area contributed by atoms with Crippen molar-refractivity contribution >= 4 is 5.97 Å². The summed E-state index contributed by atoms with van der Waals surface area (Å²) in [5.74, 6) is -0.538. The van der Waals surface area contributed by atoms with Gasteiger partial charge in [0.15, 0.2) is 0 Å². The molecule has 1 aromatic carbocycles. The van der Waals surface area contributed by atoms with Gasteiger partial charge in [0.05, 0.1) is 12.0 Å². The van der Waals surface area contributed by atoms with E-state index in [1.165, 1.54) is 0 Å². The SMILES string of the molecule is CC(C)c1cn(C(Cc2ccccc2)C(=O)O)cn1. The summed E-state index contributed by atoms with van der Waals surface area (Å²) in [6.45, 7) is 4.08. The number of carbonyl (C=O) groups is 1. The molecule has 0 aliphatic rings. The molecule has 0 saturated heterocycles. The van der Waals surface area contributed by atoms with Gasteiger partial charge in [-0.2, -0.15) is 0 Å². The summed E-state index contributed by atoms with van der Waals surface area (Å²) in [5.41, 5.74) is 1.93. The number of carboxylic acids is 1. The quantitative estimate of drug-likeness (QED) is 0.897. The Morgan fingerprint density at radius 1 is 1.32 bits per heavy atom. The Kier molecular flexibility index (Phi) is 4.00. The minimum absolute atomic E-state index is 0.299. The van der Waals surface area contributed by atoms with E-state index in [-0.39, 0.29) is 0 Å². The van der Waals surface area contributed by atoms with Crippen LogP contribution < -0.4 is 0 Å². The van der Waals surface area contributed by atoms with E-state index in [1.54, 1.807) is 10.9 Å². The highest BCUT2D eigenvalue weighted by atomic mass is 16.4. The van der Waals surface area contributed by atoms with Crippen LogP contribution in [0.2, 0.25) is 0 Å². The van der Waals surface area contributed by atoms with Crippen molar-refractivity contribution in [1.82, 2.24) is 9.55 Å². The van der Waals surface area contributed by atoms with E-state index in [0.29, 0.717) is 12.3 Å². The molecule has 0 saturated carbocycles. The molecule has 2 aromatic rings. The molecule has 1 N–H and O–H groups in total. The molecule has 2 rings (SSSR count). The molecule has 1 atom stereocenters. The molecule has 0 spiro atoms. The Balaban J connectivity index is 2.22. The minimum atomic E-state index is -0.837. The fourth-order valence-electron chi connectivity index (χ4n) is 1.98. The van der Waals surface area contributed by atoms with Crippen LogP contribution in [0.5, 0.6) is 0 Å². The van der Waals surface area contributed by atoms with Gasteiger partial charge in [-0.05, 0) is 11.5 Å². The van der Waals surface area contributed by atoms with E-state index < -0.39 is 12.0 Å². The number of carboxylic acid groups (broad SMARTS) is 1. The van der Waals surface area contributed by atoms with E-state index in [0.717, 1.165) is 11.3 Å². The zero-order valence-electron chi connectivity index (χ0n) is 11.2. The number of benzene rings is 1. The second-order valence-electron chi connectivity index (χ2n) is 4.94. The van der Waals surface area contributed by atoms with Gasteiger partial charge in [-0.25, -0.2) is 9.78 Å².